The Kier molecular flexibility index (Phi) is 8.02. The van der Waals surface area contributed by atoms with Crippen molar-refractivity contribution in [3.63, 3.8) is 0 Å². The Morgan fingerprint density at radius 3 is 1.15 bits per heavy atom. The fraction of sp³-hybridized carbons (Fsp3) is 0. The monoisotopic (exact) mass is 566 g/mol. The molecule has 0 bridgehead atoms. The number of nitro groups is 4. The molecule has 196 valence electrons. The van der Waals surface area contributed by atoms with Gasteiger partial charge in [0.25, 0.3) is 22.7 Å². The Hall–Kier alpha value is -5.02. The molecule has 0 atom stereocenters. The molecule has 0 spiro atoms. The lowest BCUT2D eigenvalue weighted by molar-refractivity contribution is -0.396. The normalized spacial score (nSPS) is 10.6. The quantitative estimate of drug-likeness (QED) is 0.137. The minimum Gasteiger partial charge on any atom is -0.457 e. The lowest BCUT2D eigenvalue weighted by Crippen LogP contribution is -1.94. The van der Waals surface area contributed by atoms with Crippen LogP contribution in [-0.2, 0) is 0 Å². The van der Waals surface area contributed by atoms with Crippen molar-refractivity contribution in [1.29, 1.82) is 0 Å². The first-order chi connectivity index (χ1) is 18.6. The first-order valence-corrected chi connectivity index (χ1v) is 12.3. The van der Waals surface area contributed by atoms with Gasteiger partial charge in [0.05, 0.1) is 41.6 Å². The Morgan fingerprint density at radius 2 is 0.846 bits per heavy atom. The number of hydrogen-bond donors (Lipinski definition) is 0. The molecule has 4 aromatic carbocycles. The summed E-state index contributed by atoms with van der Waals surface area (Å²) in [5, 5.41) is 44.5. The molecular formula is C24H14N4O9S2. The molecule has 0 N–H and O–H groups in total. The van der Waals surface area contributed by atoms with Gasteiger partial charge in [-0.1, -0.05) is 23.5 Å². The summed E-state index contributed by atoms with van der Waals surface area (Å²) in [4.78, 5) is 43.6. The number of nitro benzene ring substituents is 4. The van der Waals surface area contributed by atoms with Gasteiger partial charge in [0.2, 0.25) is 0 Å². The molecule has 0 fully saturated rings. The molecule has 4 rings (SSSR count). The average molecular weight is 567 g/mol. The predicted octanol–water partition coefficient (Wildman–Crippen LogP) is 7.41. The third kappa shape index (κ3) is 6.65. The Labute approximate surface area is 227 Å². The highest BCUT2D eigenvalue weighted by atomic mass is 32.2. The maximum absolute atomic E-state index is 11.3. The second-order valence-electron chi connectivity index (χ2n) is 7.58. The first kappa shape index (κ1) is 27.0. The summed E-state index contributed by atoms with van der Waals surface area (Å²) in [6.07, 6.45) is 0. The van der Waals surface area contributed by atoms with Crippen molar-refractivity contribution >= 4 is 46.3 Å². The van der Waals surface area contributed by atoms with E-state index in [4.69, 9.17) is 4.74 Å². The summed E-state index contributed by atoms with van der Waals surface area (Å²) in [5.74, 6) is 0.952. The van der Waals surface area contributed by atoms with Gasteiger partial charge in [-0.05, 0) is 60.7 Å². The summed E-state index contributed by atoms with van der Waals surface area (Å²) in [7, 11) is 0. The summed E-state index contributed by atoms with van der Waals surface area (Å²) in [6.45, 7) is 0. The maximum atomic E-state index is 11.3. The molecule has 0 aliphatic heterocycles. The van der Waals surface area contributed by atoms with Gasteiger partial charge in [0, 0.05) is 21.9 Å². The van der Waals surface area contributed by atoms with Gasteiger partial charge in [-0.15, -0.1) is 0 Å². The Balaban J connectivity index is 1.43. The molecule has 13 nitrogen and oxygen atoms in total. The van der Waals surface area contributed by atoms with Crippen LogP contribution in [0.15, 0.2) is 105 Å². The summed E-state index contributed by atoms with van der Waals surface area (Å²) in [6, 6.07) is 20.3. The standard InChI is InChI=1S/C24H14N4O9S2/c29-25(30)15-1-11-23(21(13-15)27(33)34)38-19-7-3-17(4-8-19)37-18-5-9-20(10-6-18)39-24-12-2-16(26(31)32)14-22(24)28(35)36/h1-14H. The first-order valence-electron chi connectivity index (χ1n) is 10.7. The number of rotatable bonds is 10. The van der Waals surface area contributed by atoms with E-state index in [1.807, 2.05) is 0 Å². The van der Waals surface area contributed by atoms with E-state index >= 15 is 0 Å². The summed E-state index contributed by atoms with van der Waals surface area (Å²) < 4.78 is 5.81. The van der Waals surface area contributed by atoms with E-state index in [0.29, 0.717) is 21.3 Å². The molecule has 15 heteroatoms. The summed E-state index contributed by atoms with van der Waals surface area (Å²) in [5.41, 5.74) is -1.48. The van der Waals surface area contributed by atoms with E-state index in [9.17, 15) is 40.5 Å². The molecule has 39 heavy (non-hydrogen) atoms. The lowest BCUT2D eigenvalue weighted by Gasteiger charge is -2.08. The molecule has 0 unspecified atom stereocenters. The second-order valence-corrected chi connectivity index (χ2v) is 9.81. The topological polar surface area (TPSA) is 182 Å². The zero-order chi connectivity index (χ0) is 28.1. The van der Waals surface area contributed by atoms with Gasteiger partial charge in [0.15, 0.2) is 0 Å². The van der Waals surface area contributed by atoms with Crippen LogP contribution < -0.4 is 4.74 Å². The van der Waals surface area contributed by atoms with Crippen molar-refractivity contribution in [3.05, 3.63) is 125 Å². The second kappa shape index (κ2) is 11.6. The summed E-state index contributed by atoms with van der Waals surface area (Å²) >= 11 is 2.16. The number of non-ortho nitro benzene ring substituents is 2. The van der Waals surface area contributed by atoms with Crippen LogP contribution in [0, 0.1) is 40.5 Å². The molecule has 0 aromatic heterocycles. The van der Waals surface area contributed by atoms with E-state index in [1.165, 1.54) is 24.3 Å². The van der Waals surface area contributed by atoms with E-state index in [-0.39, 0.29) is 32.5 Å². The highest BCUT2D eigenvalue weighted by molar-refractivity contribution is 7.99. The molecular weight excluding hydrogens is 552 g/mol. The molecule has 0 aliphatic rings. The van der Waals surface area contributed by atoms with Crippen LogP contribution in [0.3, 0.4) is 0 Å². The van der Waals surface area contributed by atoms with Crippen LogP contribution in [0.2, 0.25) is 0 Å². The van der Waals surface area contributed by atoms with Gasteiger partial charge in [-0.2, -0.15) is 0 Å². The van der Waals surface area contributed by atoms with Crippen molar-refractivity contribution in [3.8, 4) is 11.5 Å². The van der Waals surface area contributed by atoms with Gasteiger partial charge < -0.3 is 4.74 Å². The molecule has 0 aliphatic carbocycles. The fourth-order valence-corrected chi connectivity index (χ4v) is 5.04. The molecule has 0 saturated carbocycles. The van der Waals surface area contributed by atoms with Crippen molar-refractivity contribution in [2.24, 2.45) is 0 Å². The van der Waals surface area contributed by atoms with Crippen molar-refractivity contribution in [2.75, 3.05) is 0 Å². The minimum atomic E-state index is -0.696. The number of hydrogen-bond acceptors (Lipinski definition) is 11. The third-order valence-electron chi connectivity index (χ3n) is 5.04. The van der Waals surface area contributed by atoms with Crippen LogP contribution >= 0.6 is 23.5 Å². The maximum Gasteiger partial charge on any atom is 0.290 e. The molecule has 0 heterocycles. The molecule has 0 amide bonds. The van der Waals surface area contributed by atoms with Crippen molar-refractivity contribution in [2.45, 2.75) is 19.6 Å². The molecule has 0 radical (unpaired) electrons. The Bertz CT molecular complexity index is 1480. The van der Waals surface area contributed by atoms with E-state index in [1.54, 1.807) is 48.5 Å². The van der Waals surface area contributed by atoms with E-state index in [0.717, 1.165) is 35.7 Å². The zero-order valence-electron chi connectivity index (χ0n) is 19.4. The fourth-order valence-electron chi connectivity index (χ4n) is 3.24. The van der Waals surface area contributed by atoms with Gasteiger partial charge in [-0.3, -0.25) is 40.5 Å². The van der Waals surface area contributed by atoms with Crippen LogP contribution in [-0.4, -0.2) is 19.7 Å². The van der Waals surface area contributed by atoms with Crippen molar-refractivity contribution in [1.82, 2.24) is 0 Å². The van der Waals surface area contributed by atoms with E-state index < -0.39 is 19.7 Å². The average Bonchev–Trinajstić information content (AvgIpc) is 2.90. The van der Waals surface area contributed by atoms with E-state index in [2.05, 4.69) is 0 Å². The number of nitrogens with zero attached hydrogens (tertiary/aromatic N) is 4. The number of benzene rings is 4. The van der Waals surface area contributed by atoms with Gasteiger partial charge >= 0.3 is 0 Å². The SMILES string of the molecule is O=[N+]([O-])c1ccc(Sc2ccc(Oc3ccc(Sc4ccc([N+](=O)[O-])cc4[N+](=O)[O-])cc3)cc2)c([N+](=O)[O-])c1. The predicted molar refractivity (Wildman–Crippen MR) is 141 cm³/mol. The van der Waals surface area contributed by atoms with Gasteiger partial charge in [0.1, 0.15) is 11.5 Å². The van der Waals surface area contributed by atoms with Gasteiger partial charge in [-0.25, -0.2) is 0 Å². The highest BCUT2D eigenvalue weighted by Gasteiger charge is 2.21. The molecule has 0 saturated heterocycles. The molecule has 4 aromatic rings. The largest absolute Gasteiger partial charge is 0.457 e. The van der Waals surface area contributed by atoms with Crippen LogP contribution in [0.1, 0.15) is 0 Å². The third-order valence-corrected chi connectivity index (χ3v) is 7.18. The van der Waals surface area contributed by atoms with Crippen LogP contribution in [0.4, 0.5) is 22.7 Å². The number of ether oxygens (including phenoxy) is 1. The zero-order valence-corrected chi connectivity index (χ0v) is 21.0. The lowest BCUT2D eigenvalue weighted by atomic mass is 10.3. The smallest absolute Gasteiger partial charge is 0.290 e. The Morgan fingerprint density at radius 1 is 0.487 bits per heavy atom. The highest BCUT2D eigenvalue weighted by Crippen LogP contribution is 2.39. The minimum absolute atomic E-state index is 0.251. The van der Waals surface area contributed by atoms with Crippen LogP contribution in [0.25, 0.3) is 0 Å². The van der Waals surface area contributed by atoms with Crippen molar-refractivity contribution < 1.29 is 24.4 Å². The van der Waals surface area contributed by atoms with Crippen LogP contribution in [0.5, 0.6) is 11.5 Å².